The molecule has 0 aliphatic heterocycles. The summed E-state index contributed by atoms with van der Waals surface area (Å²) in [5.74, 6) is -2.54. The van der Waals surface area contributed by atoms with Gasteiger partial charge in [0.25, 0.3) is 6.43 Å². The molecular weight excluding hydrogens is 267 g/mol. The van der Waals surface area contributed by atoms with Crippen LogP contribution in [0.1, 0.15) is 17.6 Å². The Morgan fingerprint density at radius 1 is 1.44 bits per heavy atom. The third kappa shape index (κ3) is 2.46. The van der Waals surface area contributed by atoms with Crippen molar-refractivity contribution in [2.24, 2.45) is 0 Å². The van der Waals surface area contributed by atoms with E-state index < -0.39 is 40.2 Å². The van der Waals surface area contributed by atoms with Crippen LogP contribution in [0.3, 0.4) is 0 Å². The lowest BCUT2D eigenvalue weighted by atomic mass is 10.1. The molecule has 0 radical (unpaired) electrons. The average molecular weight is 272 g/mol. The van der Waals surface area contributed by atoms with Crippen molar-refractivity contribution in [1.29, 1.82) is 0 Å². The molecule has 0 aromatic carbocycles. The van der Waals surface area contributed by atoms with Gasteiger partial charge in [0.05, 0.1) is 12.7 Å². The van der Waals surface area contributed by atoms with Crippen molar-refractivity contribution in [3.63, 3.8) is 0 Å². The second kappa shape index (κ2) is 4.70. The van der Waals surface area contributed by atoms with Crippen LogP contribution in [0.25, 0.3) is 0 Å². The third-order valence-electron chi connectivity index (χ3n) is 1.96. The van der Waals surface area contributed by atoms with E-state index in [4.69, 9.17) is 0 Å². The molecule has 10 heteroatoms. The molecule has 100 valence electrons. The molecule has 0 amide bonds. The zero-order valence-electron chi connectivity index (χ0n) is 8.66. The standard InChI is InChI=1S/C8H5F5N2O3/c1-18-3-2-14-7(15(16)17)5(8(11,12)13)4(3)6(9)10/h2,6H,1H3. The number of alkyl halides is 5. The molecule has 1 aromatic rings. The molecular formula is C8H5F5N2O3. The van der Waals surface area contributed by atoms with Crippen LogP contribution < -0.4 is 4.74 Å². The largest absolute Gasteiger partial charge is 0.492 e. The minimum absolute atomic E-state index is 0.453. The van der Waals surface area contributed by atoms with E-state index in [0.29, 0.717) is 6.20 Å². The van der Waals surface area contributed by atoms with E-state index in [0.717, 1.165) is 7.11 Å². The predicted molar refractivity (Wildman–Crippen MR) is 47.4 cm³/mol. The van der Waals surface area contributed by atoms with Crippen LogP contribution in [-0.2, 0) is 6.18 Å². The number of hydrogen-bond donors (Lipinski definition) is 0. The van der Waals surface area contributed by atoms with Crippen molar-refractivity contribution in [2.75, 3.05) is 7.11 Å². The van der Waals surface area contributed by atoms with Gasteiger partial charge in [0, 0.05) is 0 Å². The molecule has 1 rings (SSSR count). The molecule has 0 atom stereocenters. The molecule has 0 spiro atoms. The first-order valence-corrected chi connectivity index (χ1v) is 4.26. The maximum Gasteiger partial charge on any atom is 0.425 e. The number of halogens is 5. The van der Waals surface area contributed by atoms with E-state index in [2.05, 4.69) is 9.72 Å². The Bertz CT molecular complexity index is 475. The summed E-state index contributed by atoms with van der Waals surface area (Å²) in [7, 11) is 0.856. The van der Waals surface area contributed by atoms with Gasteiger partial charge in [0.15, 0.2) is 17.5 Å². The quantitative estimate of drug-likeness (QED) is 0.482. The van der Waals surface area contributed by atoms with E-state index in [1.54, 1.807) is 0 Å². The summed E-state index contributed by atoms with van der Waals surface area (Å²) in [6.45, 7) is 0. The zero-order chi connectivity index (χ0) is 14.1. The number of pyridine rings is 1. The van der Waals surface area contributed by atoms with E-state index >= 15 is 0 Å². The fourth-order valence-electron chi connectivity index (χ4n) is 1.29. The van der Waals surface area contributed by atoms with Gasteiger partial charge in [0.2, 0.25) is 0 Å². The zero-order valence-corrected chi connectivity index (χ0v) is 8.66. The topological polar surface area (TPSA) is 65.3 Å². The molecule has 1 aromatic heterocycles. The third-order valence-corrected chi connectivity index (χ3v) is 1.96. The Morgan fingerprint density at radius 3 is 2.33 bits per heavy atom. The normalized spacial score (nSPS) is 11.7. The Kier molecular flexibility index (Phi) is 3.67. The van der Waals surface area contributed by atoms with Crippen LogP contribution in [0.2, 0.25) is 0 Å². The molecule has 0 bridgehead atoms. The number of nitrogens with zero attached hydrogens (tertiary/aromatic N) is 2. The van der Waals surface area contributed by atoms with E-state index in [-0.39, 0.29) is 0 Å². The number of ether oxygens (including phenoxy) is 1. The van der Waals surface area contributed by atoms with Crippen LogP contribution in [0, 0.1) is 10.1 Å². The summed E-state index contributed by atoms with van der Waals surface area (Å²) in [6, 6.07) is 0. The monoisotopic (exact) mass is 272 g/mol. The first-order valence-electron chi connectivity index (χ1n) is 4.26. The highest BCUT2D eigenvalue weighted by molar-refractivity contribution is 5.49. The molecule has 0 saturated heterocycles. The number of aromatic nitrogens is 1. The lowest BCUT2D eigenvalue weighted by Gasteiger charge is -2.14. The summed E-state index contributed by atoms with van der Waals surface area (Å²) in [4.78, 5) is 11.8. The van der Waals surface area contributed by atoms with Crippen molar-refractivity contribution in [2.45, 2.75) is 12.6 Å². The van der Waals surface area contributed by atoms with Gasteiger partial charge in [-0.1, -0.05) is 0 Å². The summed E-state index contributed by atoms with van der Waals surface area (Å²) >= 11 is 0. The van der Waals surface area contributed by atoms with E-state index in [9.17, 15) is 32.1 Å². The highest BCUT2D eigenvalue weighted by atomic mass is 19.4. The SMILES string of the molecule is COc1cnc([N+](=O)[O-])c(C(F)(F)F)c1C(F)F. The van der Waals surface area contributed by atoms with Crippen LogP contribution >= 0.6 is 0 Å². The molecule has 1 heterocycles. The Balaban J connectivity index is 3.71. The molecule has 0 unspecified atom stereocenters. The second-order valence-corrected chi connectivity index (χ2v) is 2.99. The summed E-state index contributed by atoms with van der Waals surface area (Å²) in [6.07, 6.45) is -8.47. The Labute approximate surface area is 96.3 Å². The maximum atomic E-state index is 12.6. The number of hydrogen-bond acceptors (Lipinski definition) is 4. The fourth-order valence-corrected chi connectivity index (χ4v) is 1.29. The molecule has 0 N–H and O–H groups in total. The molecule has 18 heavy (non-hydrogen) atoms. The molecule has 0 aliphatic rings. The highest BCUT2D eigenvalue weighted by Crippen LogP contribution is 2.44. The Morgan fingerprint density at radius 2 is 2.00 bits per heavy atom. The Hall–Kier alpha value is -2.00. The first-order chi connectivity index (χ1) is 8.20. The first kappa shape index (κ1) is 14.1. The summed E-state index contributed by atoms with van der Waals surface area (Å²) in [5.41, 5.74) is -3.69. The van der Waals surface area contributed by atoms with Crippen LogP contribution in [-0.4, -0.2) is 17.0 Å². The lowest BCUT2D eigenvalue weighted by molar-refractivity contribution is -0.393. The number of methoxy groups -OCH3 is 1. The molecule has 0 saturated carbocycles. The van der Waals surface area contributed by atoms with Gasteiger partial charge >= 0.3 is 12.0 Å². The van der Waals surface area contributed by atoms with Crippen molar-refractivity contribution >= 4 is 5.82 Å². The van der Waals surface area contributed by atoms with Crippen molar-refractivity contribution in [3.8, 4) is 5.75 Å². The molecule has 0 aliphatic carbocycles. The second-order valence-electron chi connectivity index (χ2n) is 2.99. The fraction of sp³-hybridized carbons (Fsp3) is 0.375. The minimum atomic E-state index is -5.34. The van der Waals surface area contributed by atoms with Crippen LogP contribution in [0.5, 0.6) is 5.75 Å². The van der Waals surface area contributed by atoms with Gasteiger partial charge in [0.1, 0.15) is 0 Å². The summed E-state index contributed by atoms with van der Waals surface area (Å²) < 4.78 is 67.4. The average Bonchev–Trinajstić information content (AvgIpc) is 2.25. The predicted octanol–water partition coefficient (Wildman–Crippen LogP) is 2.95. The van der Waals surface area contributed by atoms with Crippen molar-refractivity contribution in [1.82, 2.24) is 4.98 Å². The highest BCUT2D eigenvalue weighted by Gasteiger charge is 2.45. The molecule has 0 fully saturated rings. The van der Waals surface area contributed by atoms with E-state index in [1.165, 1.54) is 0 Å². The number of nitro groups is 1. The van der Waals surface area contributed by atoms with Crippen LogP contribution in [0.4, 0.5) is 27.8 Å². The van der Waals surface area contributed by atoms with Gasteiger partial charge in [-0.15, -0.1) is 0 Å². The van der Waals surface area contributed by atoms with Gasteiger partial charge in [-0.25, -0.2) is 8.78 Å². The van der Waals surface area contributed by atoms with Gasteiger partial charge in [-0.2, -0.15) is 13.2 Å². The number of rotatable bonds is 3. The van der Waals surface area contributed by atoms with Crippen LogP contribution in [0.15, 0.2) is 6.20 Å². The minimum Gasteiger partial charge on any atom is -0.492 e. The lowest BCUT2D eigenvalue weighted by Crippen LogP contribution is -2.15. The summed E-state index contributed by atoms with van der Waals surface area (Å²) in [5, 5.41) is 10.4. The van der Waals surface area contributed by atoms with Gasteiger partial charge in [-0.3, -0.25) is 0 Å². The smallest absolute Gasteiger partial charge is 0.425 e. The van der Waals surface area contributed by atoms with Crippen molar-refractivity contribution < 1.29 is 31.6 Å². The van der Waals surface area contributed by atoms with E-state index in [1.807, 2.05) is 0 Å². The van der Waals surface area contributed by atoms with Gasteiger partial charge < -0.3 is 14.9 Å². The van der Waals surface area contributed by atoms with Crippen molar-refractivity contribution in [3.05, 3.63) is 27.4 Å². The molecule has 5 nitrogen and oxygen atoms in total. The van der Waals surface area contributed by atoms with Gasteiger partial charge in [-0.05, 0) is 9.91 Å². The maximum absolute atomic E-state index is 12.6.